The van der Waals surface area contributed by atoms with E-state index < -0.39 is 17.9 Å². The molecule has 0 radical (unpaired) electrons. The number of nitrogens with one attached hydrogen (secondary N) is 1. The van der Waals surface area contributed by atoms with E-state index in [0.717, 1.165) is 17.2 Å². The lowest BCUT2D eigenvalue weighted by molar-refractivity contribution is -0.138. The highest BCUT2D eigenvalue weighted by Gasteiger charge is 2.13. The van der Waals surface area contributed by atoms with Gasteiger partial charge in [-0.2, -0.15) is 0 Å². The fourth-order valence-corrected chi connectivity index (χ4v) is 2.31. The van der Waals surface area contributed by atoms with Gasteiger partial charge in [0.25, 0.3) is 0 Å². The summed E-state index contributed by atoms with van der Waals surface area (Å²) in [7, 11) is 3.74. The number of benzene rings is 2. The molecule has 0 fully saturated rings. The van der Waals surface area contributed by atoms with Gasteiger partial charge in [-0.3, -0.25) is 0 Å². The molecule has 0 spiro atoms. The zero-order valence-corrected chi connectivity index (χ0v) is 15.1. The highest BCUT2D eigenvalue weighted by molar-refractivity contribution is 5.99. The Kier molecular flexibility index (Phi) is 6.71. The smallest absolute Gasteiger partial charge is 0.354 e. The zero-order chi connectivity index (χ0) is 19.8. The molecule has 0 unspecified atom stereocenters. The fraction of sp³-hybridized carbons (Fsp3) is 0.150. The van der Waals surface area contributed by atoms with Crippen LogP contribution in [0.5, 0.6) is 0 Å². The number of ether oxygens (including phenoxy) is 3. The zero-order valence-electron chi connectivity index (χ0n) is 15.1. The van der Waals surface area contributed by atoms with Crippen LogP contribution in [0.15, 0.2) is 60.3 Å². The van der Waals surface area contributed by atoms with Gasteiger partial charge in [0.1, 0.15) is 5.70 Å². The Bertz CT molecular complexity index is 888. The van der Waals surface area contributed by atoms with E-state index in [-0.39, 0.29) is 5.70 Å². The van der Waals surface area contributed by atoms with Gasteiger partial charge in [-0.15, -0.1) is 0 Å². The Balaban J connectivity index is 2.34. The second-order valence-electron chi connectivity index (χ2n) is 5.35. The summed E-state index contributed by atoms with van der Waals surface area (Å²) in [5.74, 6) is -1.83. The maximum Gasteiger partial charge on any atom is 0.354 e. The quantitative estimate of drug-likeness (QED) is 0.476. The van der Waals surface area contributed by atoms with Crippen LogP contribution in [0.25, 0.3) is 11.1 Å². The Morgan fingerprint density at radius 2 is 1.52 bits per heavy atom. The predicted octanol–water partition coefficient (Wildman–Crippen LogP) is 2.78. The molecule has 0 amide bonds. The predicted molar refractivity (Wildman–Crippen MR) is 99.0 cm³/mol. The number of esters is 3. The van der Waals surface area contributed by atoms with Gasteiger partial charge in [0.15, 0.2) is 0 Å². The van der Waals surface area contributed by atoms with Gasteiger partial charge in [0, 0.05) is 5.69 Å². The number of hydrogen-bond donors (Lipinski definition) is 1. The summed E-state index contributed by atoms with van der Waals surface area (Å²) < 4.78 is 14.0. The summed E-state index contributed by atoms with van der Waals surface area (Å²) in [6, 6.07) is 14.1. The molecule has 0 aliphatic heterocycles. The summed E-state index contributed by atoms with van der Waals surface area (Å²) in [4.78, 5) is 35.0. The van der Waals surface area contributed by atoms with Crippen molar-refractivity contribution in [2.24, 2.45) is 0 Å². The molecule has 0 heterocycles. The number of anilines is 1. The lowest BCUT2D eigenvalue weighted by Crippen LogP contribution is -2.15. The second-order valence-corrected chi connectivity index (χ2v) is 5.35. The van der Waals surface area contributed by atoms with Crippen molar-refractivity contribution in [2.75, 3.05) is 26.6 Å². The van der Waals surface area contributed by atoms with Crippen molar-refractivity contribution in [3.8, 4) is 11.1 Å². The minimum absolute atomic E-state index is 0.0650. The third-order valence-electron chi connectivity index (χ3n) is 3.63. The topological polar surface area (TPSA) is 90.9 Å². The van der Waals surface area contributed by atoms with Gasteiger partial charge >= 0.3 is 17.9 Å². The van der Waals surface area contributed by atoms with Gasteiger partial charge in [-0.25, -0.2) is 14.4 Å². The van der Waals surface area contributed by atoms with Crippen LogP contribution in [0.1, 0.15) is 10.4 Å². The molecule has 2 aromatic carbocycles. The van der Waals surface area contributed by atoms with E-state index in [2.05, 4.69) is 14.8 Å². The number of methoxy groups -OCH3 is 3. The van der Waals surface area contributed by atoms with E-state index in [1.165, 1.54) is 21.3 Å². The fourth-order valence-electron chi connectivity index (χ4n) is 2.31. The molecule has 0 aliphatic carbocycles. The van der Waals surface area contributed by atoms with E-state index in [1.54, 1.807) is 36.4 Å². The van der Waals surface area contributed by atoms with Crippen LogP contribution in [0.4, 0.5) is 5.69 Å². The van der Waals surface area contributed by atoms with Crippen LogP contribution in [-0.4, -0.2) is 39.2 Å². The molecule has 2 rings (SSSR count). The van der Waals surface area contributed by atoms with Gasteiger partial charge < -0.3 is 19.5 Å². The molecule has 0 aromatic heterocycles. The average molecular weight is 369 g/mol. The number of hydrogen-bond acceptors (Lipinski definition) is 7. The number of carbonyl (C=O) groups excluding carboxylic acids is 3. The van der Waals surface area contributed by atoms with Crippen molar-refractivity contribution in [2.45, 2.75) is 0 Å². The minimum atomic E-state index is -0.710. The third-order valence-corrected chi connectivity index (χ3v) is 3.63. The van der Waals surface area contributed by atoms with E-state index in [4.69, 9.17) is 4.74 Å². The van der Waals surface area contributed by atoms with Crippen LogP contribution in [0.3, 0.4) is 0 Å². The maximum atomic E-state index is 11.9. The molecule has 0 saturated carbocycles. The Morgan fingerprint density at radius 1 is 0.852 bits per heavy atom. The monoisotopic (exact) mass is 369 g/mol. The average Bonchev–Trinajstić information content (AvgIpc) is 2.72. The van der Waals surface area contributed by atoms with Crippen molar-refractivity contribution >= 4 is 23.6 Å². The van der Waals surface area contributed by atoms with Crippen molar-refractivity contribution in [1.29, 1.82) is 0 Å². The van der Waals surface area contributed by atoms with Gasteiger partial charge in [0.05, 0.1) is 33.0 Å². The molecule has 27 heavy (non-hydrogen) atoms. The summed E-state index contributed by atoms with van der Waals surface area (Å²) in [6.07, 6.45) is 1.01. The normalized spacial score (nSPS) is 10.7. The first-order valence-electron chi connectivity index (χ1n) is 7.92. The molecule has 0 bridgehead atoms. The minimum Gasteiger partial charge on any atom is -0.466 e. The summed E-state index contributed by atoms with van der Waals surface area (Å²) in [5, 5.41) is 2.85. The molecule has 0 atom stereocenters. The molecular formula is C20H19NO6. The summed E-state index contributed by atoms with van der Waals surface area (Å²) in [6.45, 7) is 0. The van der Waals surface area contributed by atoms with Crippen molar-refractivity contribution in [3.05, 3.63) is 65.9 Å². The standard InChI is InChI=1S/C20H19NO6/c1-25-18(22)12-17(20(24)27-3)21-16-9-5-7-14(11-16)13-6-4-8-15(10-13)19(23)26-2/h4-12,21H,1-3H3/b17-12+. The number of carbonyl (C=O) groups is 3. The lowest BCUT2D eigenvalue weighted by atomic mass is 10.0. The Hall–Kier alpha value is -3.61. The maximum absolute atomic E-state index is 11.9. The van der Waals surface area contributed by atoms with E-state index in [1.807, 2.05) is 12.1 Å². The number of rotatable bonds is 6. The molecule has 0 aliphatic rings. The first kappa shape index (κ1) is 19.7. The van der Waals surface area contributed by atoms with Gasteiger partial charge in [0.2, 0.25) is 0 Å². The van der Waals surface area contributed by atoms with Crippen LogP contribution in [0.2, 0.25) is 0 Å². The summed E-state index contributed by atoms with van der Waals surface area (Å²) >= 11 is 0. The van der Waals surface area contributed by atoms with Gasteiger partial charge in [-0.1, -0.05) is 24.3 Å². The molecule has 1 N–H and O–H groups in total. The van der Waals surface area contributed by atoms with Crippen molar-refractivity contribution in [3.63, 3.8) is 0 Å². The Morgan fingerprint density at radius 3 is 2.15 bits per heavy atom. The molecule has 7 heteroatoms. The van der Waals surface area contributed by atoms with Crippen molar-refractivity contribution < 1.29 is 28.6 Å². The van der Waals surface area contributed by atoms with Crippen molar-refractivity contribution in [1.82, 2.24) is 0 Å². The molecule has 140 valence electrons. The SMILES string of the molecule is COC(=O)/C=C(/Nc1cccc(-c2cccc(C(=O)OC)c2)c1)C(=O)OC. The van der Waals surface area contributed by atoms with Crippen LogP contribution in [0, 0.1) is 0 Å². The van der Waals surface area contributed by atoms with Crippen LogP contribution in [-0.2, 0) is 23.8 Å². The van der Waals surface area contributed by atoms with Crippen LogP contribution < -0.4 is 5.32 Å². The van der Waals surface area contributed by atoms with E-state index >= 15 is 0 Å². The van der Waals surface area contributed by atoms with Gasteiger partial charge in [-0.05, 0) is 35.4 Å². The van der Waals surface area contributed by atoms with E-state index in [0.29, 0.717) is 11.3 Å². The first-order chi connectivity index (χ1) is 13.0. The molecule has 0 saturated heterocycles. The highest BCUT2D eigenvalue weighted by Crippen LogP contribution is 2.24. The largest absolute Gasteiger partial charge is 0.466 e. The second kappa shape index (κ2) is 9.19. The van der Waals surface area contributed by atoms with E-state index in [9.17, 15) is 14.4 Å². The third kappa shape index (κ3) is 5.18. The molecular weight excluding hydrogens is 350 g/mol. The first-order valence-corrected chi connectivity index (χ1v) is 7.92. The highest BCUT2D eigenvalue weighted by atomic mass is 16.5. The van der Waals surface area contributed by atoms with Crippen LogP contribution >= 0.6 is 0 Å². The summed E-state index contributed by atoms with van der Waals surface area (Å²) in [5.41, 5.74) is 2.50. The Labute approximate surface area is 156 Å². The lowest BCUT2D eigenvalue weighted by Gasteiger charge is -2.11. The molecule has 2 aromatic rings. The molecule has 7 nitrogen and oxygen atoms in total.